The third-order valence-electron chi connectivity index (χ3n) is 5.63. The number of halogens is 2. The molecule has 1 N–H and O–H groups in total. The van der Waals surface area contributed by atoms with Crippen LogP contribution >= 0.6 is 0 Å². The summed E-state index contributed by atoms with van der Waals surface area (Å²) in [6.45, 7) is 3.77. The summed E-state index contributed by atoms with van der Waals surface area (Å²) in [5.41, 5.74) is 2.36. The van der Waals surface area contributed by atoms with Gasteiger partial charge in [0.15, 0.2) is 5.79 Å². The Morgan fingerprint density at radius 3 is 2.50 bits per heavy atom. The predicted molar refractivity (Wildman–Crippen MR) is 114 cm³/mol. The maximum atomic E-state index is 15.0. The molecule has 1 aromatic carbocycles. The summed E-state index contributed by atoms with van der Waals surface area (Å²) in [7, 11) is 0. The van der Waals surface area contributed by atoms with Crippen LogP contribution in [0.15, 0.2) is 42.9 Å². The standard InChI is InChI=1S/C23H27F2N5/c1-23(2,25)30-15-28-20(17-8-10-18(24)11-9-17)21(30)19-12-13-26-22(29-19)27-14-16-6-4-3-5-7-16/h8-13,15-16H,3-7,14H2,1-2H3,(H,26,27,29). The third kappa shape index (κ3) is 4.50. The van der Waals surface area contributed by atoms with Gasteiger partial charge in [0.2, 0.25) is 5.95 Å². The molecule has 0 aliphatic heterocycles. The summed E-state index contributed by atoms with van der Waals surface area (Å²) < 4.78 is 29.8. The summed E-state index contributed by atoms with van der Waals surface area (Å²) in [6.07, 6.45) is 9.46. The number of benzene rings is 1. The zero-order valence-electron chi connectivity index (χ0n) is 17.4. The zero-order chi connectivity index (χ0) is 21.1. The maximum Gasteiger partial charge on any atom is 0.223 e. The average molecular weight is 412 g/mol. The highest BCUT2D eigenvalue weighted by Crippen LogP contribution is 2.35. The van der Waals surface area contributed by atoms with Crippen molar-refractivity contribution in [3.63, 3.8) is 0 Å². The third-order valence-corrected chi connectivity index (χ3v) is 5.63. The Hall–Kier alpha value is -2.83. The van der Waals surface area contributed by atoms with Gasteiger partial charge in [-0.05, 0) is 62.9 Å². The molecule has 0 bridgehead atoms. The molecular weight excluding hydrogens is 384 g/mol. The van der Waals surface area contributed by atoms with E-state index in [0.717, 1.165) is 6.54 Å². The van der Waals surface area contributed by atoms with Gasteiger partial charge in [-0.25, -0.2) is 23.7 Å². The molecule has 0 atom stereocenters. The van der Waals surface area contributed by atoms with Gasteiger partial charge in [0.1, 0.15) is 5.82 Å². The van der Waals surface area contributed by atoms with Crippen molar-refractivity contribution in [1.29, 1.82) is 0 Å². The van der Waals surface area contributed by atoms with Gasteiger partial charge in [0.25, 0.3) is 0 Å². The van der Waals surface area contributed by atoms with E-state index in [1.807, 2.05) is 0 Å². The van der Waals surface area contributed by atoms with E-state index >= 15 is 0 Å². The molecule has 158 valence electrons. The largest absolute Gasteiger partial charge is 0.354 e. The number of hydrogen-bond acceptors (Lipinski definition) is 4. The van der Waals surface area contributed by atoms with Crippen molar-refractivity contribution in [1.82, 2.24) is 19.5 Å². The van der Waals surface area contributed by atoms with E-state index in [2.05, 4.69) is 20.3 Å². The SMILES string of the molecule is CC(C)(F)n1cnc(-c2ccc(F)cc2)c1-c1ccnc(NCC2CCCCC2)n1. The topological polar surface area (TPSA) is 55.6 Å². The Bertz CT molecular complexity index is 986. The van der Waals surface area contributed by atoms with Crippen LogP contribution in [0.5, 0.6) is 0 Å². The fraction of sp³-hybridized carbons (Fsp3) is 0.435. The number of rotatable bonds is 6. The number of anilines is 1. The molecule has 0 radical (unpaired) electrons. The van der Waals surface area contributed by atoms with Crippen molar-refractivity contribution in [2.24, 2.45) is 5.92 Å². The lowest BCUT2D eigenvalue weighted by Crippen LogP contribution is -2.21. The minimum absolute atomic E-state index is 0.332. The zero-order valence-corrected chi connectivity index (χ0v) is 17.4. The monoisotopic (exact) mass is 411 g/mol. The normalized spacial score (nSPS) is 15.3. The fourth-order valence-corrected chi connectivity index (χ4v) is 4.02. The first kappa shape index (κ1) is 20.4. The van der Waals surface area contributed by atoms with Gasteiger partial charge in [0.05, 0.1) is 23.4 Å². The van der Waals surface area contributed by atoms with Crippen LogP contribution in [0.2, 0.25) is 0 Å². The second-order valence-corrected chi connectivity index (χ2v) is 8.38. The highest BCUT2D eigenvalue weighted by Gasteiger charge is 2.26. The van der Waals surface area contributed by atoms with Crippen molar-refractivity contribution in [3.8, 4) is 22.6 Å². The summed E-state index contributed by atoms with van der Waals surface area (Å²) >= 11 is 0. The second-order valence-electron chi connectivity index (χ2n) is 8.38. The first-order valence-corrected chi connectivity index (χ1v) is 10.5. The Balaban J connectivity index is 1.68. The number of nitrogens with zero attached hydrogens (tertiary/aromatic N) is 4. The van der Waals surface area contributed by atoms with Crippen LogP contribution in [0, 0.1) is 11.7 Å². The Morgan fingerprint density at radius 2 is 1.80 bits per heavy atom. The lowest BCUT2D eigenvalue weighted by Gasteiger charge is -2.22. The molecule has 0 amide bonds. The van der Waals surface area contributed by atoms with Gasteiger partial charge >= 0.3 is 0 Å². The molecule has 5 nitrogen and oxygen atoms in total. The highest BCUT2D eigenvalue weighted by atomic mass is 19.1. The van der Waals surface area contributed by atoms with Gasteiger partial charge in [-0.3, -0.25) is 4.57 Å². The number of nitrogens with one attached hydrogen (secondary N) is 1. The highest BCUT2D eigenvalue weighted by molar-refractivity contribution is 5.77. The first-order chi connectivity index (χ1) is 14.4. The van der Waals surface area contributed by atoms with Crippen LogP contribution in [0.3, 0.4) is 0 Å². The van der Waals surface area contributed by atoms with E-state index in [4.69, 9.17) is 0 Å². The minimum atomic E-state index is -1.68. The quantitative estimate of drug-likeness (QED) is 0.557. The van der Waals surface area contributed by atoms with Crippen LogP contribution in [-0.2, 0) is 5.79 Å². The maximum absolute atomic E-state index is 15.0. The predicted octanol–water partition coefficient (Wildman–Crippen LogP) is 5.80. The summed E-state index contributed by atoms with van der Waals surface area (Å²) in [5.74, 6) is -0.855. The van der Waals surface area contributed by atoms with Gasteiger partial charge in [0, 0.05) is 18.3 Å². The minimum Gasteiger partial charge on any atom is -0.354 e. The molecule has 7 heteroatoms. The average Bonchev–Trinajstić information content (AvgIpc) is 3.20. The van der Waals surface area contributed by atoms with Gasteiger partial charge < -0.3 is 5.32 Å². The molecule has 2 aromatic heterocycles. The van der Waals surface area contributed by atoms with Crippen molar-refractivity contribution < 1.29 is 8.78 Å². The first-order valence-electron chi connectivity index (χ1n) is 10.5. The van der Waals surface area contributed by atoms with Crippen LogP contribution in [-0.4, -0.2) is 26.1 Å². The van der Waals surface area contributed by atoms with Crippen LogP contribution in [0.4, 0.5) is 14.7 Å². The molecule has 3 aromatic rings. The molecule has 1 fully saturated rings. The molecule has 1 aliphatic rings. The van der Waals surface area contributed by atoms with E-state index in [9.17, 15) is 8.78 Å². The Labute approximate surface area is 175 Å². The lowest BCUT2D eigenvalue weighted by atomic mass is 9.89. The number of hydrogen-bond donors (Lipinski definition) is 1. The van der Waals surface area contributed by atoms with Crippen molar-refractivity contribution >= 4 is 5.95 Å². The number of imidazole rings is 1. The smallest absolute Gasteiger partial charge is 0.223 e. The van der Waals surface area contributed by atoms with Crippen molar-refractivity contribution in [2.75, 3.05) is 11.9 Å². The number of alkyl halides is 1. The van der Waals surface area contributed by atoms with E-state index in [1.165, 1.54) is 69.0 Å². The van der Waals surface area contributed by atoms with Crippen LogP contribution in [0.25, 0.3) is 22.6 Å². The Kier molecular flexibility index (Phi) is 5.79. The second kappa shape index (κ2) is 8.50. The van der Waals surface area contributed by atoms with E-state index in [-0.39, 0.29) is 5.82 Å². The molecule has 2 heterocycles. The van der Waals surface area contributed by atoms with Crippen molar-refractivity contribution in [3.05, 3.63) is 48.7 Å². The molecule has 1 saturated carbocycles. The molecule has 1 aliphatic carbocycles. The molecule has 0 saturated heterocycles. The number of aromatic nitrogens is 4. The molecular formula is C23H27F2N5. The van der Waals surface area contributed by atoms with Gasteiger partial charge in [-0.15, -0.1) is 0 Å². The van der Waals surface area contributed by atoms with E-state index in [1.54, 1.807) is 24.4 Å². The lowest BCUT2D eigenvalue weighted by molar-refractivity contribution is 0.122. The van der Waals surface area contributed by atoms with E-state index < -0.39 is 5.79 Å². The van der Waals surface area contributed by atoms with Crippen LogP contribution < -0.4 is 5.32 Å². The summed E-state index contributed by atoms with van der Waals surface area (Å²) in [6, 6.07) is 7.77. The summed E-state index contributed by atoms with van der Waals surface area (Å²) in [5, 5.41) is 3.35. The molecule has 4 rings (SSSR count). The molecule has 30 heavy (non-hydrogen) atoms. The molecule has 0 unspecified atom stereocenters. The van der Waals surface area contributed by atoms with Crippen molar-refractivity contribution in [2.45, 2.75) is 51.7 Å². The van der Waals surface area contributed by atoms with Gasteiger partial charge in [-0.2, -0.15) is 0 Å². The molecule has 0 spiro atoms. The summed E-state index contributed by atoms with van der Waals surface area (Å²) in [4.78, 5) is 13.4. The Morgan fingerprint density at radius 1 is 1.07 bits per heavy atom. The fourth-order valence-electron chi connectivity index (χ4n) is 4.02. The van der Waals surface area contributed by atoms with Crippen LogP contribution in [0.1, 0.15) is 46.0 Å². The van der Waals surface area contributed by atoms with E-state index in [0.29, 0.717) is 34.5 Å². The van der Waals surface area contributed by atoms with Gasteiger partial charge in [-0.1, -0.05) is 19.3 Å².